The minimum Gasteiger partial charge on any atom is -0.269 e. The zero-order valence-corrected chi connectivity index (χ0v) is 14.9. The molecule has 2 aromatic rings. The molecule has 0 radical (unpaired) electrons. The molecule has 0 amide bonds. The van der Waals surface area contributed by atoms with Crippen LogP contribution in [0.1, 0.15) is 0 Å². The summed E-state index contributed by atoms with van der Waals surface area (Å²) in [4.78, 5) is 0. The molecule has 2 aliphatic rings. The molecule has 0 bridgehead atoms. The maximum Gasteiger partial charge on any atom is 0.0719 e. The van der Waals surface area contributed by atoms with Gasteiger partial charge in [-0.05, 0) is 19.4 Å². The van der Waals surface area contributed by atoms with Gasteiger partial charge in [0.25, 0.3) is 0 Å². The molecule has 0 N–H and O–H groups in total. The quantitative estimate of drug-likeness (QED) is 0.782. The second-order valence-corrected chi connectivity index (χ2v) is 11.3. The van der Waals surface area contributed by atoms with Gasteiger partial charge < -0.3 is 0 Å². The first-order chi connectivity index (χ1) is 10.8. The minimum atomic E-state index is -0.323. The number of nitrogens with zero attached hydrogens (tertiary/aromatic N) is 2. The second-order valence-electron chi connectivity index (χ2n) is 6.18. The van der Waals surface area contributed by atoms with Crippen molar-refractivity contribution in [2.75, 3.05) is 27.2 Å². The molecule has 0 spiro atoms. The van der Waals surface area contributed by atoms with Gasteiger partial charge in [-0.3, -0.25) is 9.34 Å². The molecule has 2 aromatic carbocycles. The van der Waals surface area contributed by atoms with Crippen LogP contribution in [-0.4, -0.2) is 47.8 Å². The van der Waals surface area contributed by atoms with E-state index in [-0.39, 0.29) is 16.1 Å². The Morgan fingerprint density at radius 2 is 1.18 bits per heavy atom. The topological polar surface area (TPSA) is 6.48 Å². The Kier molecular flexibility index (Phi) is 4.05. The Bertz CT molecular complexity index is 616. The van der Waals surface area contributed by atoms with E-state index in [1.807, 2.05) is 0 Å². The highest BCUT2D eigenvalue weighted by Gasteiger charge is 2.53. The predicted octanol–water partition coefficient (Wildman–Crippen LogP) is 3.06. The number of hydrogen-bond acceptors (Lipinski definition) is 2. The lowest BCUT2D eigenvalue weighted by molar-refractivity contribution is 0.528. The third kappa shape index (κ3) is 2.63. The Labute approximate surface area is 135 Å². The lowest BCUT2D eigenvalue weighted by Crippen LogP contribution is -2.29. The molecule has 2 aliphatic heterocycles. The predicted molar refractivity (Wildman–Crippen MR) is 98.8 cm³/mol. The molecule has 22 heavy (non-hydrogen) atoms. The van der Waals surface area contributed by atoms with Crippen LogP contribution in [-0.2, 0) is 0 Å². The van der Waals surface area contributed by atoms with Crippen molar-refractivity contribution in [2.45, 2.75) is 11.3 Å². The molecule has 2 nitrogen and oxygen atoms in total. The van der Waals surface area contributed by atoms with Gasteiger partial charge in [-0.1, -0.05) is 68.6 Å². The van der Waals surface area contributed by atoms with Crippen molar-refractivity contribution in [2.24, 2.45) is 0 Å². The van der Waals surface area contributed by atoms with Crippen molar-refractivity contribution < 1.29 is 0 Å². The van der Waals surface area contributed by atoms with Crippen LogP contribution in [0.2, 0.25) is 0 Å². The largest absolute Gasteiger partial charge is 0.269 e. The fourth-order valence-corrected chi connectivity index (χ4v) is 9.50. The average molecular weight is 328 g/mol. The fourth-order valence-electron chi connectivity index (χ4n) is 3.65. The first kappa shape index (κ1) is 14.8. The van der Waals surface area contributed by atoms with Crippen molar-refractivity contribution in [1.29, 1.82) is 0 Å². The van der Waals surface area contributed by atoms with Crippen molar-refractivity contribution in [3.63, 3.8) is 0 Å². The minimum absolute atomic E-state index is 0.0587. The Hall–Kier alpha value is -0.780. The summed E-state index contributed by atoms with van der Waals surface area (Å²) in [5.74, 6) is 0. The Balaban J connectivity index is 1.56. The molecule has 2 unspecified atom stereocenters. The number of hydrogen-bond donors (Lipinski definition) is 0. The summed E-state index contributed by atoms with van der Waals surface area (Å²) < 4.78 is 5.22. The molecular weight excluding hydrogens is 306 g/mol. The summed E-state index contributed by atoms with van der Waals surface area (Å²) in [6.45, 7) is 2.49. The first-order valence-electron chi connectivity index (χ1n) is 7.86. The van der Waals surface area contributed by atoms with Crippen LogP contribution >= 0.6 is 16.1 Å². The summed E-state index contributed by atoms with van der Waals surface area (Å²) in [5, 5.41) is 3.08. The third-order valence-corrected chi connectivity index (χ3v) is 10.1. The van der Waals surface area contributed by atoms with Gasteiger partial charge in [0.05, 0.1) is 8.22 Å². The average Bonchev–Trinajstić information content (AvgIpc) is 3.22. The van der Waals surface area contributed by atoms with Crippen LogP contribution in [0.25, 0.3) is 0 Å². The molecule has 2 heterocycles. The highest BCUT2D eigenvalue weighted by atomic mass is 31.1. The van der Waals surface area contributed by atoms with E-state index in [4.69, 9.17) is 0 Å². The molecule has 4 rings (SSSR count). The van der Waals surface area contributed by atoms with Crippen LogP contribution in [0.3, 0.4) is 0 Å². The number of fused-ring (bicyclic) bond motifs is 1. The maximum absolute atomic E-state index is 2.61. The molecule has 4 heteroatoms. The van der Waals surface area contributed by atoms with Gasteiger partial charge in [0.1, 0.15) is 0 Å². The molecule has 2 fully saturated rings. The van der Waals surface area contributed by atoms with Crippen LogP contribution in [0.4, 0.5) is 0 Å². The van der Waals surface area contributed by atoms with Gasteiger partial charge in [0.15, 0.2) is 0 Å². The summed E-state index contributed by atoms with van der Waals surface area (Å²) in [6, 6.07) is 22.2. The standard InChI is InChI=1S/C18H22N2P2/c1-19-13-17-18(21(17)15-9-5-3-6-10-15)14-20(2)22(19)16-11-7-4-8-12-16/h3-12,17-18H,13-14H2,1-2H3/t17-,18+,21?,22?. The normalized spacial score (nSPS) is 32.3. The lowest BCUT2D eigenvalue weighted by Gasteiger charge is -2.34. The maximum atomic E-state index is 2.61. The lowest BCUT2D eigenvalue weighted by atomic mass is 10.3. The molecule has 4 atom stereocenters. The van der Waals surface area contributed by atoms with E-state index in [1.54, 1.807) is 5.30 Å². The molecule has 0 aromatic heterocycles. The van der Waals surface area contributed by atoms with Crippen LogP contribution in [0, 0.1) is 0 Å². The molecule has 0 saturated carbocycles. The smallest absolute Gasteiger partial charge is 0.0719 e. The molecule has 114 valence electrons. The van der Waals surface area contributed by atoms with Gasteiger partial charge >= 0.3 is 0 Å². The van der Waals surface area contributed by atoms with E-state index in [2.05, 4.69) is 84.1 Å². The van der Waals surface area contributed by atoms with E-state index >= 15 is 0 Å². The summed E-state index contributed by atoms with van der Waals surface area (Å²) >= 11 is 0. The van der Waals surface area contributed by atoms with Crippen LogP contribution in [0.5, 0.6) is 0 Å². The SMILES string of the molecule is CN1C[C@@H]2[C@H](CN(C)P1c1ccccc1)P2c1ccccc1. The third-order valence-electron chi connectivity index (χ3n) is 4.66. The monoisotopic (exact) mass is 328 g/mol. The number of rotatable bonds is 2. The summed E-state index contributed by atoms with van der Waals surface area (Å²) in [6.07, 6.45) is 0. The van der Waals surface area contributed by atoms with E-state index in [1.165, 1.54) is 18.4 Å². The summed E-state index contributed by atoms with van der Waals surface area (Å²) in [7, 11) is 4.36. The zero-order chi connectivity index (χ0) is 15.1. The highest BCUT2D eigenvalue weighted by molar-refractivity contribution is 7.75. The highest BCUT2D eigenvalue weighted by Crippen LogP contribution is 2.68. The van der Waals surface area contributed by atoms with Crippen molar-refractivity contribution in [3.05, 3.63) is 60.7 Å². The van der Waals surface area contributed by atoms with Crippen LogP contribution in [0.15, 0.2) is 60.7 Å². The van der Waals surface area contributed by atoms with Crippen molar-refractivity contribution in [3.8, 4) is 0 Å². The van der Waals surface area contributed by atoms with E-state index < -0.39 is 0 Å². The van der Waals surface area contributed by atoms with E-state index in [0.29, 0.717) is 0 Å². The zero-order valence-electron chi connectivity index (χ0n) is 13.1. The van der Waals surface area contributed by atoms with Gasteiger partial charge in [-0.2, -0.15) is 0 Å². The van der Waals surface area contributed by atoms with Gasteiger partial charge in [0, 0.05) is 29.7 Å². The molecule has 0 aliphatic carbocycles. The van der Waals surface area contributed by atoms with Gasteiger partial charge in [-0.15, -0.1) is 0 Å². The van der Waals surface area contributed by atoms with E-state index in [9.17, 15) is 0 Å². The van der Waals surface area contributed by atoms with Crippen molar-refractivity contribution in [1.82, 2.24) is 9.34 Å². The first-order valence-corrected chi connectivity index (χ1v) is 10.6. The van der Waals surface area contributed by atoms with Crippen LogP contribution < -0.4 is 10.6 Å². The molecular formula is C18H22N2P2. The summed E-state index contributed by atoms with van der Waals surface area (Å²) in [5.41, 5.74) is 1.78. The second kappa shape index (κ2) is 6.02. The Morgan fingerprint density at radius 3 is 1.68 bits per heavy atom. The number of benzene rings is 2. The Morgan fingerprint density at radius 1 is 0.727 bits per heavy atom. The fraction of sp³-hybridized carbons (Fsp3) is 0.333. The molecule has 2 saturated heterocycles. The van der Waals surface area contributed by atoms with Gasteiger partial charge in [-0.25, -0.2) is 0 Å². The van der Waals surface area contributed by atoms with Gasteiger partial charge in [0.2, 0.25) is 0 Å². The van der Waals surface area contributed by atoms with E-state index in [0.717, 1.165) is 11.3 Å². The van der Waals surface area contributed by atoms with Crippen molar-refractivity contribution >= 4 is 26.8 Å².